The van der Waals surface area contributed by atoms with E-state index in [-0.39, 0.29) is 17.4 Å². The lowest BCUT2D eigenvalue weighted by atomic mass is 9.73. The van der Waals surface area contributed by atoms with Crippen molar-refractivity contribution in [1.82, 2.24) is 0 Å². The zero-order chi connectivity index (χ0) is 24.6. The molecular formula is C30H37ClO3. The van der Waals surface area contributed by atoms with Gasteiger partial charge in [-0.15, -0.1) is 11.6 Å². The van der Waals surface area contributed by atoms with E-state index in [4.69, 9.17) is 26.2 Å². The minimum atomic E-state index is -0.157. The van der Waals surface area contributed by atoms with Gasteiger partial charge in [-0.25, -0.2) is 0 Å². The monoisotopic (exact) mass is 480 g/mol. The maximum absolute atomic E-state index is 8.94. The van der Waals surface area contributed by atoms with Crippen molar-refractivity contribution < 1.29 is 14.6 Å². The van der Waals surface area contributed by atoms with Gasteiger partial charge in [0.1, 0.15) is 11.5 Å². The maximum atomic E-state index is 8.94. The van der Waals surface area contributed by atoms with Gasteiger partial charge in [-0.2, -0.15) is 0 Å². The summed E-state index contributed by atoms with van der Waals surface area (Å²) in [6, 6.07) is 25.6. The summed E-state index contributed by atoms with van der Waals surface area (Å²) in [6.07, 6.45) is 1.48. The van der Waals surface area contributed by atoms with Gasteiger partial charge in [0.25, 0.3) is 0 Å². The van der Waals surface area contributed by atoms with E-state index in [1.807, 2.05) is 24.3 Å². The van der Waals surface area contributed by atoms with Crippen LogP contribution in [0.25, 0.3) is 0 Å². The van der Waals surface area contributed by atoms with Crippen LogP contribution in [0.15, 0.2) is 72.8 Å². The summed E-state index contributed by atoms with van der Waals surface area (Å²) in [6.45, 7) is 10.4. The highest BCUT2D eigenvalue weighted by Crippen LogP contribution is 2.37. The Bertz CT molecular complexity index is 943. The van der Waals surface area contributed by atoms with Gasteiger partial charge >= 0.3 is 0 Å². The first-order chi connectivity index (χ1) is 16.3. The molecule has 3 nitrogen and oxygen atoms in total. The van der Waals surface area contributed by atoms with E-state index in [0.717, 1.165) is 17.9 Å². The van der Waals surface area contributed by atoms with Crippen LogP contribution in [0.1, 0.15) is 62.8 Å². The van der Waals surface area contributed by atoms with Crippen LogP contribution in [-0.4, -0.2) is 30.8 Å². The number of aliphatic hydroxyl groups is 1. The molecule has 0 saturated heterocycles. The molecule has 0 amide bonds. The van der Waals surface area contributed by atoms with Crippen LogP contribution in [0, 0.1) is 0 Å². The molecule has 0 spiro atoms. The Balaban J connectivity index is 1.79. The summed E-state index contributed by atoms with van der Waals surface area (Å²) in [5.74, 6) is 2.32. The third kappa shape index (κ3) is 6.34. The average molecular weight is 481 g/mol. The number of hydrogen-bond donors (Lipinski definition) is 1. The summed E-state index contributed by atoms with van der Waals surface area (Å²) in [5.41, 5.74) is 4.72. The van der Waals surface area contributed by atoms with Crippen LogP contribution in [0.5, 0.6) is 11.5 Å². The van der Waals surface area contributed by atoms with E-state index >= 15 is 0 Å². The second kappa shape index (κ2) is 11.8. The topological polar surface area (TPSA) is 38.7 Å². The van der Waals surface area contributed by atoms with Gasteiger partial charge in [-0.1, -0.05) is 76.2 Å². The maximum Gasteiger partial charge on any atom is 0.119 e. The highest BCUT2D eigenvalue weighted by Gasteiger charge is 2.28. The fraction of sp³-hybridized carbons (Fsp3) is 0.400. The van der Waals surface area contributed by atoms with E-state index in [2.05, 4.69) is 76.2 Å². The zero-order valence-electron chi connectivity index (χ0n) is 20.8. The lowest BCUT2D eigenvalue weighted by Crippen LogP contribution is -2.23. The Morgan fingerprint density at radius 1 is 0.647 bits per heavy atom. The third-order valence-electron chi connectivity index (χ3n) is 6.58. The molecular weight excluding hydrogens is 444 g/mol. The summed E-state index contributed by atoms with van der Waals surface area (Å²) in [4.78, 5) is 0. The van der Waals surface area contributed by atoms with Crippen molar-refractivity contribution in [2.75, 3.05) is 25.7 Å². The van der Waals surface area contributed by atoms with Gasteiger partial charge in [0, 0.05) is 29.7 Å². The third-order valence-corrected chi connectivity index (χ3v) is 6.84. The Morgan fingerprint density at radius 2 is 1.09 bits per heavy atom. The van der Waals surface area contributed by atoms with E-state index in [1.165, 1.54) is 22.3 Å². The van der Waals surface area contributed by atoms with Gasteiger partial charge in [-0.05, 0) is 52.9 Å². The first-order valence-electron chi connectivity index (χ1n) is 12.0. The Labute approximate surface area is 209 Å². The lowest BCUT2D eigenvalue weighted by Gasteiger charge is -2.31. The number of halogens is 1. The normalized spacial score (nSPS) is 11.9. The van der Waals surface area contributed by atoms with Crippen LogP contribution in [0.2, 0.25) is 0 Å². The van der Waals surface area contributed by atoms with Crippen molar-refractivity contribution in [1.29, 1.82) is 0 Å². The highest BCUT2D eigenvalue weighted by atomic mass is 35.5. The first-order valence-corrected chi connectivity index (χ1v) is 12.6. The van der Waals surface area contributed by atoms with Crippen LogP contribution in [0.3, 0.4) is 0 Å². The van der Waals surface area contributed by atoms with Gasteiger partial charge in [-0.3, -0.25) is 0 Å². The SMILES string of the molecule is CC(C)(c1ccc(OCCCO)cc1)c1cccc(C(C)(C)c2ccc(OCCCCl)cc2)c1. The average Bonchev–Trinajstić information content (AvgIpc) is 2.85. The Hall–Kier alpha value is -2.49. The van der Waals surface area contributed by atoms with Crippen molar-refractivity contribution >= 4 is 11.6 Å². The summed E-state index contributed by atoms with van der Waals surface area (Å²) in [7, 11) is 0. The molecule has 0 aliphatic rings. The van der Waals surface area contributed by atoms with Gasteiger partial charge in [0.15, 0.2) is 0 Å². The molecule has 0 fully saturated rings. The second-order valence-corrected chi connectivity index (χ2v) is 10.1. The Kier molecular flexibility index (Phi) is 9.04. The number of alkyl halides is 1. The molecule has 4 heteroatoms. The fourth-order valence-electron chi connectivity index (χ4n) is 4.06. The van der Waals surface area contributed by atoms with E-state index in [0.29, 0.717) is 25.5 Å². The Morgan fingerprint density at radius 3 is 1.50 bits per heavy atom. The van der Waals surface area contributed by atoms with Crippen molar-refractivity contribution in [3.8, 4) is 11.5 Å². The molecule has 0 radical (unpaired) electrons. The molecule has 0 aliphatic carbocycles. The van der Waals surface area contributed by atoms with Gasteiger partial charge in [0.2, 0.25) is 0 Å². The molecule has 182 valence electrons. The van der Waals surface area contributed by atoms with Crippen LogP contribution >= 0.6 is 11.6 Å². The van der Waals surface area contributed by atoms with Gasteiger partial charge < -0.3 is 14.6 Å². The van der Waals surface area contributed by atoms with Crippen LogP contribution < -0.4 is 9.47 Å². The van der Waals surface area contributed by atoms with Crippen molar-refractivity contribution in [3.63, 3.8) is 0 Å². The standard InChI is InChI=1S/C30H37ClO3/c1-29(2,23-10-14-27(15-11-23)33-20-6-18-31)25-8-5-9-26(22-25)30(3,4)24-12-16-28(17-13-24)34-21-7-19-32/h5,8-17,22,32H,6-7,18-21H2,1-4H3. The van der Waals surface area contributed by atoms with Crippen molar-refractivity contribution in [2.24, 2.45) is 0 Å². The molecule has 34 heavy (non-hydrogen) atoms. The summed E-state index contributed by atoms with van der Waals surface area (Å²) >= 11 is 5.74. The molecule has 0 aliphatic heterocycles. The number of benzene rings is 3. The predicted octanol–water partition coefficient (Wildman–Crippen LogP) is 7.11. The largest absolute Gasteiger partial charge is 0.494 e. The predicted molar refractivity (Wildman–Crippen MR) is 142 cm³/mol. The number of rotatable bonds is 12. The first kappa shape index (κ1) is 26.1. The minimum absolute atomic E-state index is 0.143. The van der Waals surface area contributed by atoms with Crippen LogP contribution in [0.4, 0.5) is 0 Å². The molecule has 0 aromatic heterocycles. The molecule has 3 aromatic carbocycles. The molecule has 3 rings (SSSR count). The summed E-state index contributed by atoms with van der Waals surface area (Å²) in [5, 5.41) is 8.94. The summed E-state index contributed by atoms with van der Waals surface area (Å²) < 4.78 is 11.5. The number of aliphatic hydroxyl groups excluding tert-OH is 1. The highest BCUT2D eigenvalue weighted by molar-refractivity contribution is 6.17. The molecule has 0 unspecified atom stereocenters. The number of ether oxygens (including phenoxy) is 2. The van der Waals surface area contributed by atoms with Crippen molar-refractivity contribution in [2.45, 2.75) is 51.4 Å². The number of hydrogen-bond acceptors (Lipinski definition) is 3. The molecule has 3 aromatic rings. The second-order valence-electron chi connectivity index (χ2n) is 9.70. The van der Waals surface area contributed by atoms with Crippen LogP contribution in [-0.2, 0) is 10.8 Å². The minimum Gasteiger partial charge on any atom is -0.494 e. The van der Waals surface area contributed by atoms with E-state index in [9.17, 15) is 0 Å². The smallest absolute Gasteiger partial charge is 0.119 e. The molecule has 0 saturated carbocycles. The lowest BCUT2D eigenvalue weighted by molar-refractivity contribution is 0.233. The molecule has 0 heterocycles. The molecule has 0 bridgehead atoms. The van der Waals surface area contributed by atoms with E-state index < -0.39 is 0 Å². The van der Waals surface area contributed by atoms with Gasteiger partial charge in [0.05, 0.1) is 13.2 Å². The quantitative estimate of drug-likeness (QED) is 0.222. The molecule has 0 atom stereocenters. The van der Waals surface area contributed by atoms with E-state index in [1.54, 1.807) is 0 Å². The fourth-order valence-corrected chi connectivity index (χ4v) is 4.17. The van der Waals surface area contributed by atoms with Crippen molar-refractivity contribution in [3.05, 3.63) is 95.1 Å². The molecule has 1 N–H and O–H groups in total. The zero-order valence-corrected chi connectivity index (χ0v) is 21.6.